The maximum Gasteiger partial charge on any atom is 0.258 e. The minimum Gasteiger partial charge on any atom is -0.507 e. The first-order valence-corrected chi connectivity index (χ1v) is 13.2. The van der Waals surface area contributed by atoms with Gasteiger partial charge in [0.25, 0.3) is 5.91 Å². The molecule has 2 aliphatic rings. The molecule has 200 valence electrons. The third-order valence-electron chi connectivity index (χ3n) is 8.27. The Kier molecular flexibility index (Phi) is 7.42. The van der Waals surface area contributed by atoms with Crippen LogP contribution in [0.25, 0.3) is 0 Å². The number of hydrogen-bond acceptors (Lipinski definition) is 4. The van der Waals surface area contributed by atoms with Crippen LogP contribution in [-0.4, -0.2) is 22.9 Å². The van der Waals surface area contributed by atoms with Crippen LogP contribution < -0.4 is 5.32 Å². The molecule has 3 aromatic rings. The van der Waals surface area contributed by atoms with Crippen molar-refractivity contribution in [2.24, 2.45) is 22.2 Å². The number of halogens is 2. The molecule has 1 amide bonds. The molecule has 0 radical (unpaired) electrons. The summed E-state index contributed by atoms with van der Waals surface area (Å²) in [6.45, 7) is 2.22. The number of nitrogens with one attached hydrogen (secondary N) is 2. The van der Waals surface area contributed by atoms with Crippen LogP contribution in [-0.2, 0) is 0 Å². The van der Waals surface area contributed by atoms with Crippen molar-refractivity contribution in [3.8, 4) is 5.75 Å². The lowest BCUT2D eigenvalue weighted by Gasteiger charge is -2.40. The average Bonchev–Trinajstić information content (AvgIpc) is 3.24. The smallest absolute Gasteiger partial charge is 0.258 e. The molecule has 3 N–H and O–H groups in total. The molecule has 0 aromatic heterocycles. The number of fused-ring (bicyclic) bond motifs is 1. The van der Waals surface area contributed by atoms with Gasteiger partial charge in [-0.05, 0) is 85.1 Å². The summed E-state index contributed by atoms with van der Waals surface area (Å²) in [4.78, 5) is 17.9. The Morgan fingerprint density at radius 2 is 1.87 bits per heavy atom. The van der Waals surface area contributed by atoms with E-state index in [4.69, 9.17) is 10.4 Å². The molecule has 1 fully saturated rings. The van der Waals surface area contributed by atoms with Gasteiger partial charge in [0.1, 0.15) is 22.9 Å². The summed E-state index contributed by atoms with van der Waals surface area (Å²) < 4.78 is 27.8. The summed E-state index contributed by atoms with van der Waals surface area (Å²) in [5.74, 6) is -2.14. The number of allylic oxidation sites excluding steroid dienone is 2. The summed E-state index contributed by atoms with van der Waals surface area (Å²) >= 11 is 0. The Labute approximate surface area is 226 Å². The summed E-state index contributed by atoms with van der Waals surface area (Å²) in [5, 5.41) is 21.3. The fourth-order valence-corrected chi connectivity index (χ4v) is 6.10. The molecule has 4 unspecified atom stereocenters. The monoisotopic (exact) mass is 527 g/mol. The predicted octanol–water partition coefficient (Wildman–Crippen LogP) is 7.32. The topological polar surface area (TPSA) is 85.5 Å². The molecule has 39 heavy (non-hydrogen) atoms. The van der Waals surface area contributed by atoms with E-state index in [0.29, 0.717) is 18.5 Å². The van der Waals surface area contributed by atoms with Gasteiger partial charge in [0.05, 0.1) is 11.7 Å². The first-order valence-electron chi connectivity index (χ1n) is 13.2. The number of carbonyl (C=O) groups excluding carboxylic acids is 1. The highest BCUT2D eigenvalue weighted by Gasteiger charge is 2.47. The average molecular weight is 528 g/mol. The number of hydrogen-bond donors (Lipinski definition) is 3. The zero-order valence-electron chi connectivity index (χ0n) is 21.7. The number of phenols is 1. The maximum atomic E-state index is 14.5. The van der Waals surface area contributed by atoms with Crippen LogP contribution >= 0.6 is 0 Å². The molecular formula is C32H31F2N3O2. The van der Waals surface area contributed by atoms with Gasteiger partial charge < -0.3 is 15.8 Å². The minimum absolute atomic E-state index is 0.190. The number of amides is 1. The largest absolute Gasteiger partial charge is 0.507 e. The van der Waals surface area contributed by atoms with E-state index in [1.165, 1.54) is 36.1 Å². The van der Waals surface area contributed by atoms with Crippen molar-refractivity contribution in [3.05, 3.63) is 107 Å². The molecule has 0 heterocycles. The lowest BCUT2D eigenvalue weighted by atomic mass is 9.65. The van der Waals surface area contributed by atoms with Gasteiger partial charge in [0, 0.05) is 17.8 Å². The van der Waals surface area contributed by atoms with Gasteiger partial charge in [-0.1, -0.05) is 48.9 Å². The summed E-state index contributed by atoms with van der Waals surface area (Å²) in [7, 11) is 0. The van der Waals surface area contributed by atoms with Gasteiger partial charge in [0.2, 0.25) is 0 Å². The van der Waals surface area contributed by atoms with Gasteiger partial charge in [0.15, 0.2) is 0 Å². The van der Waals surface area contributed by atoms with E-state index >= 15 is 0 Å². The second kappa shape index (κ2) is 10.9. The summed E-state index contributed by atoms with van der Waals surface area (Å²) in [5.41, 5.74) is 3.04. The number of aromatic hydroxyl groups is 1. The number of phenolic OH excluding ortho intramolecular Hbond substituents is 1. The number of nitrogens with zero attached hydrogens (tertiary/aromatic N) is 1. The van der Waals surface area contributed by atoms with E-state index in [0.717, 1.165) is 30.2 Å². The Morgan fingerprint density at radius 3 is 2.56 bits per heavy atom. The van der Waals surface area contributed by atoms with Crippen LogP contribution in [0.5, 0.6) is 5.75 Å². The van der Waals surface area contributed by atoms with Crippen LogP contribution in [0.4, 0.5) is 14.5 Å². The molecule has 0 saturated heterocycles. The van der Waals surface area contributed by atoms with E-state index in [2.05, 4.69) is 18.3 Å². The lowest BCUT2D eigenvalue weighted by molar-refractivity contribution is 0.0915. The number of aliphatic imine (C=N–C) groups is 1. The molecule has 2 aliphatic carbocycles. The van der Waals surface area contributed by atoms with Gasteiger partial charge in [-0.25, -0.2) is 8.78 Å². The molecule has 1 saturated carbocycles. The van der Waals surface area contributed by atoms with E-state index in [-0.39, 0.29) is 28.6 Å². The molecule has 7 heteroatoms. The summed E-state index contributed by atoms with van der Waals surface area (Å²) in [6, 6.07) is 19.0. The van der Waals surface area contributed by atoms with Crippen molar-refractivity contribution in [2.45, 2.75) is 38.6 Å². The normalized spacial score (nSPS) is 24.1. The standard InChI is InChI=1S/C32H31F2N3O2/c1-32-18-21(19-35)28(36-25-14-12-24(33)13-15-25)17-23(32)11-10-22(32)16-27(20-6-3-2-4-7-20)37-31(39)30-26(34)8-5-9-29(30)38/h2-9,12-15,17,19,21-22,27,35,38H,10-11,16,18H2,1H3,(H,37,39). The second-order valence-electron chi connectivity index (χ2n) is 10.6. The zero-order chi connectivity index (χ0) is 27.6. The molecular weight excluding hydrogens is 496 g/mol. The van der Waals surface area contributed by atoms with Crippen molar-refractivity contribution in [1.29, 1.82) is 5.41 Å². The van der Waals surface area contributed by atoms with E-state index in [1.54, 1.807) is 12.1 Å². The van der Waals surface area contributed by atoms with Crippen LogP contribution in [0.15, 0.2) is 89.4 Å². The highest BCUT2D eigenvalue weighted by Crippen LogP contribution is 2.56. The van der Waals surface area contributed by atoms with Gasteiger partial charge in [-0.3, -0.25) is 9.79 Å². The lowest BCUT2D eigenvalue weighted by Crippen LogP contribution is -2.37. The first-order chi connectivity index (χ1) is 18.8. The van der Waals surface area contributed by atoms with E-state index < -0.39 is 23.5 Å². The number of carbonyl (C=O) groups is 1. The quantitative estimate of drug-likeness (QED) is 0.281. The van der Waals surface area contributed by atoms with Crippen molar-refractivity contribution >= 4 is 23.5 Å². The Morgan fingerprint density at radius 1 is 1.13 bits per heavy atom. The molecule has 5 rings (SSSR count). The minimum atomic E-state index is -0.772. The number of benzene rings is 3. The van der Waals surface area contributed by atoms with Crippen molar-refractivity contribution in [1.82, 2.24) is 5.32 Å². The Bertz CT molecular complexity index is 1420. The molecule has 5 nitrogen and oxygen atoms in total. The van der Waals surface area contributed by atoms with Crippen LogP contribution in [0.3, 0.4) is 0 Å². The highest BCUT2D eigenvalue weighted by atomic mass is 19.1. The Balaban J connectivity index is 1.43. The van der Waals surface area contributed by atoms with Crippen molar-refractivity contribution in [3.63, 3.8) is 0 Å². The number of rotatable bonds is 7. The van der Waals surface area contributed by atoms with Crippen molar-refractivity contribution in [2.75, 3.05) is 0 Å². The van der Waals surface area contributed by atoms with Crippen molar-refractivity contribution < 1.29 is 18.7 Å². The van der Waals surface area contributed by atoms with Crippen LogP contribution in [0, 0.1) is 34.3 Å². The molecule has 3 aromatic carbocycles. The first kappa shape index (κ1) is 26.5. The third-order valence-corrected chi connectivity index (χ3v) is 8.27. The fraction of sp³-hybridized carbons (Fsp3) is 0.281. The van der Waals surface area contributed by atoms with Crippen LogP contribution in [0.1, 0.15) is 54.6 Å². The fourth-order valence-electron chi connectivity index (χ4n) is 6.10. The third kappa shape index (κ3) is 5.39. The zero-order valence-corrected chi connectivity index (χ0v) is 21.7. The molecule has 0 bridgehead atoms. The van der Waals surface area contributed by atoms with Gasteiger partial charge >= 0.3 is 0 Å². The molecule has 4 atom stereocenters. The molecule has 0 spiro atoms. The van der Waals surface area contributed by atoms with E-state index in [1.807, 2.05) is 30.3 Å². The second-order valence-corrected chi connectivity index (χ2v) is 10.6. The predicted molar refractivity (Wildman–Crippen MR) is 149 cm³/mol. The van der Waals surface area contributed by atoms with Gasteiger partial charge in [-0.15, -0.1) is 0 Å². The van der Waals surface area contributed by atoms with Gasteiger partial charge in [-0.2, -0.15) is 0 Å². The summed E-state index contributed by atoms with van der Waals surface area (Å²) in [6.07, 6.45) is 6.62. The highest BCUT2D eigenvalue weighted by molar-refractivity contribution is 6.08. The van der Waals surface area contributed by atoms with Crippen LogP contribution in [0.2, 0.25) is 0 Å². The molecule has 0 aliphatic heterocycles. The maximum absolute atomic E-state index is 14.5. The Hall–Kier alpha value is -4.13. The SMILES string of the molecule is CC12CC(C=N)C(=Nc3ccc(F)cc3)C=C1CCC2CC(NC(=O)c1c(O)cccc1F)c1ccccc1. The van der Waals surface area contributed by atoms with E-state index in [9.17, 15) is 18.7 Å².